The monoisotopic (exact) mass is 425 g/mol. The van der Waals surface area contributed by atoms with E-state index in [4.69, 9.17) is 14.2 Å². The first-order valence-electron chi connectivity index (χ1n) is 9.99. The van der Waals surface area contributed by atoms with Crippen LogP contribution in [0, 0.1) is 6.92 Å². The highest BCUT2D eigenvalue weighted by molar-refractivity contribution is 6.46. The molecule has 164 valence electrons. The molecule has 0 bridgehead atoms. The lowest BCUT2D eigenvalue weighted by molar-refractivity contribution is -0.140. The van der Waals surface area contributed by atoms with Gasteiger partial charge in [0.05, 0.1) is 25.8 Å². The van der Waals surface area contributed by atoms with Crippen LogP contribution in [0.25, 0.3) is 5.76 Å². The summed E-state index contributed by atoms with van der Waals surface area (Å²) < 4.78 is 16.0. The molecule has 7 nitrogen and oxygen atoms in total. The molecule has 1 fully saturated rings. The number of benzene rings is 2. The zero-order valence-electron chi connectivity index (χ0n) is 18.2. The average molecular weight is 425 g/mol. The molecule has 3 rings (SSSR count). The van der Waals surface area contributed by atoms with E-state index in [9.17, 15) is 14.7 Å². The SMILES string of the molecule is COCCCN1C(=O)C(=O)/C(=C(/O)c2ccc(C)cc2)[C@@H]1c1cc(OC)ccc1OC. The van der Waals surface area contributed by atoms with Crippen molar-refractivity contribution >= 4 is 17.4 Å². The van der Waals surface area contributed by atoms with Crippen LogP contribution in [-0.2, 0) is 14.3 Å². The maximum absolute atomic E-state index is 13.1. The van der Waals surface area contributed by atoms with E-state index in [-0.39, 0.29) is 17.9 Å². The van der Waals surface area contributed by atoms with E-state index in [0.29, 0.717) is 35.7 Å². The van der Waals surface area contributed by atoms with Gasteiger partial charge in [-0.05, 0) is 31.5 Å². The Morgan fingerprint density at radius 1 is 1.03 bits per heavy atom. The molecule has 1 saturated heterocycles. The predicted octanol–water partition coefficient (Wildman–Crippen LogP) is 3.47. The van der Waals surface area contributed by atoms with Crippen molar-refractivity contribution in [3.63, 3.8) is 0 Å². The fourth-order valence-electron chi connectivity index (χ4n) is 3.73. The summed E-state index contributed by atoms with van der Waals surface area (Å²) in [4.78, 5) is 27.5. The highest BCUT2D eigenvalue weighted by atomic mass is 16.5. The summed E-state index contributed by atoms with van der Waals surface area (Å²) in [7, 11) is 4.63. The van der Waals surface area contributed by atoms with Crippen LogP contribution in [0.1, 0.15) is 29.2 Å². The van der Waals surface area contributed by atoms with Crippen molar-refractivity contribution in [2.75, 3.05) is 34.5 Å². The molecule has 0 spiro atoms. The molecule has 1 atom stereocenters. The van der Waals surface area contributed by atoms with E-state index in [2.05, 4.69) is 0 Å². The van der Waals surface area contributed by atoms with Gasteiger partial charge in [-0.1, -0.05) is 29.8 Å². The number of Topliss-reactive ketones (excluding diaryl/α,β-unsaturated/α-hetero) is 1. The molecule has 31 heavy (non-hydrogen) atoms. The highest BCUT2D eigenvalue weighted by Gasteiger charge is 2.47. The van der Waals surface area contributed by atoms with Gasteiger partial charge < -0.3 is 24.2 Å². The van der Waals surface area contributed by atoms with Crippen LogP contribution in [0.3, 0.4) is 0 Å². The Morgan fingerprint density at radius 3 is 2.35 bits per heavy atom. The third kappa shape index (κ3) is 4.41. The molecule has 7 heteroatoms. The van der Waals surface area contributed by atoms with Gasteiger partial charge in [-0.25, -0.2) is 0 Å². The summed E-state index contributed by atoms with van der Waals surface area (Å²) in [5.74, 6) is -0.583. The van der Waals surface area contributed by atoms with E-state index < -0.39 is 17.7 Å². The molecule has 0 radical (unpaired) electrons. The van der Waals surface area contributed by atoms with Gasteiger partial charge in [0, 0.05) is 31.4 Å². The second-order valence-corrected chi connectivity index (χ2v) is 7.31. The fourth-order valence-corrected chi connectivity index (χ4v) is 3.73. The molecule has 1 aliphatic rings. The van der Waals surface area contributed by atoms with Crippen LogP contribution in [0.2, 0.25) is 0 Å². The normalized spacial score (nSPS) is 17.8. The lowest BCUT2D eigenvalue weighted by atomic mass is 9.94. The first kappa shape index (κ1) is 22.4. The number of rotatable bonds is 8. The van der Waals surface area contributed by atoms with Gasteiger partial charge >= 0.3 is 0 Å². The van der Waals surface area contributed by atoms with Gasteiger partial charge in [0.15, 0.2) is 0 Å². The molecule has 0 aromatic heterocycles. The van der Waals surface area contributed by atoms with Gasteiger partial charge in [-0.3, -0.25) is 9.59 Å². The minimum Gasteiger partial charge on any atom is -0.507 e. The molecule has 2 aromatic rings. The second-order valence-electron chi connectivity index (χ2n) is 7.31. The first-order chi connectivity index (χ1) is 14.9. The summed E-state index contributed by atoms with van der Waals surface area (Å²) >= 11 is 0. The van der Waals surface area contributed by atoms with Crippen molar-refractivity contribution < 1.29 is 28.9 Å². The van der Waals surface area contributed by atoms with Crippen molar-refractivity contribution in [1.29, 1.82) is 0 Å². The number of amides is 1. The molecule has 0 saturated carbocycles. The molecule has 1 amide bonds. The number of likely N-dealkylation sites (tertiary alicyclic amines) is 1. The van der Waals surface area contributed by atoms with Crippen LogP contribution >= 0.6 is 0 Å². The van der Waals surface area contributed by atoms with Gasteiger partial charge in [-0.15, -0.1) is 0 Å². The minimum absolute atomic E-state index is 0.0258. The number of methoxy groups -OCH3 is 3. The van der Waals surface area contributed by atoms with Crippen LogP contribution in [0.4, 0.5) is 0 Å². The van der Waals surface area contributed by atoms with Gasteiger partial charge in [0.1, 0.15) is 17.3 Å². The maximum atomic E-state index is 13.1. The number of ketones is 1. The summed E-state index contributed by atoms with van der Waals surface area (Å²) in [6, 6.07) is 11.5. The number of hydrogen-bond donors (Lipinski definition) is 1. The number of hydrogen-bond acceptors (Lipinski definition) is 6. The van der Waals surface area contributed by atoms with E-state index >= 15 is 0 Å². The molecule has 1 heterocycles. The zero-order valence-corrected chi connectivity index (χ0v) is 18.2. The van der Waals surface area contributed by atoms with Crippen molar-refractivity contribution in [3.05, 3.63) is 64.7 Å². The topological polar surface area (TPSA) is 85.3 Å². The largest absolute Gasteiger partial charge is 0.507 e. The van der Waals surface area contributed by atoms with Crippen LogP contribution < -0.4 is 9.47 Å². The Balaban J connectivity index is 2.21. The molecule has 0 unspecified atom stereocenters. The van der Waals surface area contributed by atoms with E-state index in [1.165, 1.54) is 19.1 Å². The number of aliphatic hydroxyl groups excluding tert-OH is 1. The van der Waals surface area contributed by atoms with Gasteiger partial charge in [-0.2, -0.15) is 0 Å². The molecule has 1 aliphatic heterocycles. The predicted molar refractivity (Wildman–Crippen MR) is 116 cm³/mol. The molecular formula is C24H27NO6. The van der Waals surface area contributed by atoms with Gasteiger partial charge in [0.25, 0.3) is 11.7 Å². The van der Waals surface area contributed by atoms with Crippen molar-refractivity contribution in [2.24, 2.45) is 0 Å². The molecule has 2 aromatic carbocycles. The Bertz CT molecular complexity index is 996. The quantitative estimate of drug-likeness (QED) is 0.302. The number of carbonyl (C=O) groups is 2. The average Bonchev–Trinajstić information content (AvgIpc) is 3.03. The summed E-state index contributed by atoms with van der Waals surface area (Å²) in [5.41, 5.74) is 2.07. The summed E-state index contributed by atoms with van der Waals surface area (Å²) in [5, 5.41) is 11.1. The number of carbonyl (C=O) groups excluding carboxylic acids is 2. The van der Waals surface area contributed by atoms with Crippen molar-refractivity contribution in [3.8, 4) is 11.5 Å². The van der Waals surface area contributed by atoms with Gasteiger partial charge in [0.2, 0.25) is 0 Å². The molecular weight excluding hydrogens is 398 g/mol. The maximum Gasteiger partial charge on any atom is 0.295 e. The molecule has 1 N–H and O–H groups in total. The third-order valence-electron chi connectivity index (χ3n) is 5.34. The van der Waals surface area contributed by atoms with E-state index in [1.54, 1.807) is 37.4 Å². The van der Waals surface area contributed by atoms with Crippen LogP contribution in [-0.4, -0.2) is 56.2 Å². The molecule has 0 aliphatic carbocycles. The van der Waals surface area contributed by atoms with Crippen molar-refractivity contribution in [2.45, 2.75) is 19.4 Å². The third-order valence-corrected chi connectivity index (χ3v) is 5.34. The number of ether oxygens (including phenoxy) is 3. The lowest BCUT2D eigenvalue weighted by Gasteiger charge is -2.27. The standard InChI is InChI=1S/C24H27NO6/c1-15-6-8-16(9-7-15)22(26)20-21(18-14-17(30-3)10-11-19(18)31-4)25(12-5-13-29-2)24(28)23(20)27/h6-11,14,21,26H,5,12-13H2,1-4H3/b22-20+/t21-/m0/s1. The fraction of sp³-hybridized carbons (Fsp3) is 0.333. The Morgan fingerprint density at radius 2 is 1.74 bits per heavy atom. The second kappa shape index (κ2) is 9.66. The first-order valence-corrected chi connectivity index (χ1v) is 9.99. The van der Waals surface area contributed by atoms with E-state index in [1.807, 2.05) is 19.1 Å². The number of aryl methyl sites for hydroxylation is 1. The zero-order chi connectivity index (χ0) is 22.5. The summed E-state index contributed by atoms with van der Waals surface area (Å²) in [6.45, 7) is 2.65. The minimum atomic E-state index is -0.816. The van der Waals surface area contributed by atoms with Crippen LogP contribution in [0.15, 0.2) is 48.0 Å². The number of nitrogens with zero attached hydrogens (tertiary/aromatic N) is 1. The highest BCUT2D eigenvalue weighted by Crippen LogP contribution is 2.43. The summed E-state index contributed by atoms with van der Waals surface area (Å²) in [6.07, 6.45) is 0.539. The Hall–Kier alpha value is -3.32. The van der Waals surface area contributed by atoms with Crippen LogP contribution in [0.5, 0.6) is 11.5 Å². The Labute approximate surface area is 181 Å². The smallest absolute Gasteiger partial charge is 0.295 e. The lowest BCUT2D eigenvalue weighted by Crippen LogP contribution is -2.31. The van der Waals surface area contributed by atoms with E-state index in [0.717, 1.165) is 5.56 Å². The van der Waals surface area contributed by atoms with Crippen molar-refractivity contribution in [1.82, 2.24) is 4.90 Å². The number of aliphatic hydroxyl groups is 1. The Kier molecular flexibility index (Phi) is 6.97.